The van der Waals surface area contributed by atoms with Crippen LogP contribution in [0, 0.1) is 5.82 Å². The number of hydrogen-bond donors (Lipinski definition) is 1. The third-order valence-corrected chi connectivity index (χ3v) is 2.54. The highest BCUT2D eigenvalue weighted by Gasteiger charge is 2.16. The van der Waals surface area contributed by atoms with Crippen molar-refractivity contribution in [2.24, 2.45) is 0 Å². The summed E-state index contributed by atoms with van der Waals surface area (Å²) in [7, 11) is 3.22. The Hall–Kier alpha value is -1.13. The van der Waals surface area contributed by atoms with E-state index >= 15 is 0 Å². The Morgan fingerprint density at radius 2 is 2.12 bits per heavy atom. The van der Waals surface area contributed by atoms with Crippen LogP contribution in [-0.4, -0.2) is 27.4 Å². The lowest BCUT2D eigenvalue weighted by Crippen LogP contribution is -2.26. The van der Waals surface area contributed by atoms with Crippen LogP contribution in [-0.2, 0) is 4.74 Å². The molecule has 1 aromatic carbocycles. The second-order valence-electron chi connectivity index (χ2n) is 3.85. The number of ether oxygens (including phenoxy) is 2. The minimum absolute atomic E-state index is 0.0504. The Bertz CT molecular complexity index is 344. The first-order chi connectivity index (χ1) is 8.22. The maximum atomic E-state index is 13.3. The van der Waals surface area contributed by atoms with Gasteiger partial charge in [-0.15, -0.1) is 0 Å². The second-order valence-corrected chi connectivity index (χ2v) is 3.85. The van der Waals surface area contributed by atoms with Crippen LogP contribution in [0.25, 0.3) is 0 Å². The van der Waals surface area contributed by atoms with E-state index < -0.39 is 0 Å². The molecule has 0 saturated heterocycles. The first-order valence-electron chi connectivity index (χ1n) is 5.78. The van der Waals surface area contributed by atoms with E-state index in [4.69, 9.17) is 9.47 Å². The molecule has 0 aliphatic heterocycles. The molecule has 0 fully saturated rings. The zero-order valence-electron chi connectivity index (χ0n) is 10.6. The molecule has 0 aliphatic rings. The molecule has 0 aromatic heterocycles. The monoisotopic (exact) mass is 241 g/mol. The largest absolute Gasteiger partial charge is 0.496 e. The zero-order chi connectivity index (χ0) is 12.7. The molecule has 0 aliphatic carbocycles. The first-order valence-corrected chi connectivity index (χ1v) is 5.78. The molecule has 96 valence electrons. The van der Waals surface area contributed by atoms with Crippen molar-refractivity contribution in [3.8, 4) is 5.75 Å². The first kappa shape index (κ1) is 13.9. The molecule has 1 N–H and O–H groups in total. The van der Waals surface area contributed by atoms with Crippen LogP contribution in [0.2, 0.25) is 0 Å². The summed E-state index contributed by atoms with van der Waals surface area (Å²) in [6, 6.07) is 4.48. The van der Waals surface area contributed by atoms with Crippen molar-refractivity contribution in [2.75, 3.05) is 27.4 Å². The fourth-order valence-corrected chi connectivity index (χ4v) is 1.72. The van der Waals surface area contributed by atoms with Gasteiger partial charge in [0, 0.05) is 12.7 Å². The summed E-state index contributed by atoms with van der Waals surface area (Å²) >= 11 is 0. The molecule has 1 atom stereocenters. The van der Waals surface area contributed by atoms with E-state index in [0.717, 1.165) is 18.5 Å². The standard InChI is InChI=1S/C13H20FNO2/c1-4-7-15-12(9-16-2)11-8-10(14)5-6-13(11)17-3/h5-6,8,12,15H,4,7,9H2,1-3H3. The van der Waals surface area contributed by atoms with Gasteiger partial charge >= 0.3 is 0 Å². The van der Waals surface area contributed by atoms with Gasteiger partial charge < -0.3 is 14.8 Å². The summed E-state index contributed by atoms with van der Waals surface area (Å²) in [6.45, 7) is 3.42. The highest BCUT2D eigenvalue weighted by Crippen LogP contribution is 2.26. The fourth-order valence-electron chi connectivity index (χ4n) is 1.72. The normalized spacial score (nSPS) is 12.5. The summed E-state index contributed by atoms with van der Waals surface area (Å²) in [6.07, 6.45) is 1.01. The number of halogens is 1. The van der Waals surface area contributed by atoms with Crippen LogP contribution in [0.5, 0.6) is 5.75 Å². The lowest BCUT2D eigenvalue weighted by molar-refractivity contribution is 0.165. The lowest BCUT2D eigenvalue weighted by Gasteiger charge is -2.20. The minimum Gasteiger partial charge on any atom is -0.496 e. The summed E-state index contributed by atoms with van der Waals surface area (Å²) in [5.41, 5.74) is 0.794. The lowest BCUT2D eigenvalue weighted by atomic mass is 10.1. The molecule has 0 bridgehead atoms. The third-order valence-electron chi connectivity index (χ3n) is 2.54. The van der Waals surface area contributed by atoms with E-state index in [1.165, 1.54) is 12.1 Å². The van der Waals surface area contributed by atoms with Crippen LogP contribution >= 0.6 is 0 Å². The van der Waals surface area contributed by atoms with Crippen molar-refractivity contribution in [3.05, 3.63) is 29.6 Å². The highest BCUT2D eigenvalue weighted by atomic mass is 19.1. The topological polar surface area (TPSA) is 30.5 Å². The van der Waals surface area contributed by atoms with Crippen LogP contribution in [0.1, 0.15) is 24.9 Å². The number of nitrogens with one attached hydrogen (secondary N) is 1. The van der Waals surface area contributed by atoms with Crippen molar-refractivity contribution in [2.45, 2.75) is 19.4 Å². The van der Waals surface area contributed by atoms with Crippen molar-refractivity contribution in [3.63, 3.8) is 0 Å². The van der Waals surface area contributed by atoms with Gasteiger partial charge in [0.05, 0.1) is 19.8 Å². The van der Waals surface area contributed by atoms with E-state index in [0.29, 0.717) is 12.4 Å². The Morgan fingerprint density at radius 3 is 2.71 bits per heavy atom. The van der Waals surface area contributed by atoms with Crippen molar-refractivity contribution < 1.29 is 13.9 Å². The zero-order valence-corrected chi connectivity index (χ0v) is 10.6. The Kier molecular flexibility index (Phi) is 5.94. The van der Waals surface area contributed by atoms with E-state index in [2.05, 4.69) is 12.2 Å². The Morgan fingerprint density at radius 1 is 1.35 bits per heavy atom. The van der Waals surface area contributed by atoms with Gasteiger partial charge in [0.25, 0.3) is 0 Å². The summed E-state index contributed by atoms with van der Waals surface area (Å²) < 4.78 is 23.7. The van der Waals surface area contributed by atoms with Crippen molar-refractivity contribution >= 4 is 0 Å². The second kappa shape index (κ2) is 7.25. The predicted octanol–water partition coefficient (Wildman–Crippen LogP) is 2.52. The molecule has 1 aromatic rings. The van der Waals surface area contributed by atoms with E-state index in [1.807, 2.05) is 0 Å². The smallest absolute Gasteiger partial charge is 0.123 e. The summed E-state index contributed by atoms with van der Waals surface area (Å²) in [5, 5.41) is 3.32. The Balaban J connectivity index is 2.93. The summed E-state index contributed by atoms with van der Waals surface area (Å²) in [4.78, 5) is 0. The predicted molar refractivity (Wildman–Crippen MR) is 65.9 cm³/mol. The molecule has 0 heterocycles. The van der Waals surface area contributed by atoms with Gasteiger partial charge in [-0.1, -0.05) is 6.92 Å². The number of benzene rings is 1. The number of methoxy groups -OCH3 is 2. The number of rotatable bonds is 7. The quantitative estimate of drug-likeness (QED) is 0.795. The number of hydrogen-bond acceptors (Lipinski definition) is 3. The average Bonchev–Trinajstić information content (AvgIpc) is 2.34. The fraction of sp³-hybridized carbons (Fsp3) is 0.538. The molecule has 17 heavy (non-hydrogen) atoms. The van der Waals surface area contributed by atoms with Gasteiger partial charge in [-0.25, -0.2) is 4.39 Å². The molecule has 0 spiro atoms. The molecule has 1 unspecified atom stereocenters. The molecule has 3 nitrogen and oxygen atoms in total. The van der Waals surface area contributed by atoms with Crippen molar-refractivity contribution in [1.29, 1.82) is 0 Å². The van der Waals surface area contributed by atoms with E-state index in [-0.39, 0.29) is 11.9 Å². The van der Waals surface area contributed by atoms with E-state index in [1.54, 1.807) is 20.3 Å². The average molecular weight is 241 g/mol. The van der Waals surface area contributed by atoms with Crippen molar-refractivity contribution in [1.82, 2.24) is 5.32 Å². The van der Waals surface area contributed by atoms with Crippen LogP contribution in [0.4, 0.5) is 4.39 Å². The maximum absolute atomic E-state index is 13.3. The van der Waals surface area contributed by atoms with Gasteiger partial charge in [0.2, 0.25) is 0 Å². The molecule has 0 saturated carbocycles. The SMILES string of the molecule is CCCNC(COC)c1cc(F)ccc1OC. The van der Waals surface area contributed by atoms with Crippen LogP contribution in [0.15, 0.2) is 18.2 Å². The van der Waals surface area contributed by atoms with Gasteiger partial charge in [0.15, 0.2) is 0 Å². The van der Waals surface area contributed by atoms with Gasteiger partial charge in [-0.05, 0) is 31.2 Å². The molecular weight excluding hydrogens is 221 g/mol. The van der Waals surface area contributed by atoms with Gasteiger partial charge in [-0.3, -0.25) is 0 Å². The molecule has 0 amide bonds. The third kappa shape index (κ3) is 3.98. The van der Waals surface area contributed by atoms with Crippen LogP contribution in [0.3, 0.4) is 0 Å². The van der Waals surface area contributed by atoms with Gasteiger partial charge in [-0.2, -0.15) is 0 Å². The minimum atomic E-state index is -0.264. The summed E-state index contributed by atoms with van der Waals surface area (Å²) in [5.74, 6) is 0.414. The molecular formula is C13H20FNO2. The molecule has 4 heteroatoms. The molecule has 1 rings (SSSR count). The molecule has 0 radical (unpaired) electrons. The van der Waals surface area contributed by atoms with E-state index in [9.17, 15) is 4.39 Å². The highest BCUT2D eigenvalue weighted by molar-refractivity contribution is 5.36. The van der Waals surface area contributed by atoms with Gasteiger partial charge in [0.1, 0.15) is 11.6 Å². The Labute approximate surface area is 102 Å². The van der Waals surface area contributed by atoms with Crippen LogP contribution < -0.4 is 10.1 Å². The maximum Gasteiger partial charge on any atom is 0.123 e.